The third kappa shape index (κ3) is 4.69. The van der Waals surface area contributed by atoms with Crippen LogP contribution in [0.4, 0.5) is 11.5 Å². The maximum atomic E-state index is 12.5. The molecule has 0 fully saturated rings. The minimum Gasteiger partial charge on any atom is -0.472 e. The highest BCUT2D eigenvalue weighted by atomic mass is 35.5. The van der Waals surface area contributed by atoms with Gasteiger partial charge in [0.1, 0.15) is 25.5 Å². The van der Waals surface area contributed by atoms with Crippen LogP contribution in [0.25, 0.3) is 0 Å². The highest BCUT2D eigenvalue weighted by Crippen LogP contribution is 2.35. The van der Waals surface area contributed by atoms with Crippen LogP contribution in [0.2, 0.25) is 0 Å². The first-order chi connectivity index (χ1) is 11.9. The standard InChI is InChI=1S/C16H21ClN6O2/c1-12(2)9-25-16-14(15(21(3)4)18-10-19-16)23(13(24)8-17)11-22-7-5-6-20-22/h5-7,10H,1,8-9,11H2,2-4H3. The number of alkyl halides is 1. The Morgan fingerprint density at radius 2 is 2.16 bits per heavy atom. The largest absolute Gasteiger partial charge is 0.472 e. The summed E-state index contributed by atoms with van der Waals surface area (Å²) in [6.07, 6.45) is 4.78. The van der Waals surface area contributed by atoms with Crippen LogP contribution in [0.3, 0.4) is 0 Å². The zero-order chi connectivity index (χ0) is 18.4. The summed E-state index contributed by atoms with van der Waals surface area (Å²) in [4.78, 5) is 24.2. The molecular weight excluding hydrogens is 344 g/mol. The van der Waals surface area contributed by atoms with Gasteiger partial charge in [-0.15, -0.1) is 11.6 Å². The second-order valence-corrected chi connectivity index (χ2v) is 5.90. The second kappa shape index (κ2) is 8.48. The Bertz CT molecular complexity index is 732. The topological polar surface area (TPSA) is 76.4 Å². The lowest BCUT2D eigenvalue weighted by molar-refractivity contribution is -0.116. The highest BCUT2D eigenvalue weighted by Gasteiger charge is 2.26. The summed E-state index contributed by atoms with van der Waals surface area (Å²) in [7, 11) is 3.65. The maximum Gasteiger partial charge on any atom is 0.243 e. The normalized spacial score (nSPS) is 10.4. The number of aromatic nitrogens is 4. The fourth-order valence-corrected chi connectivity index (χ4v) is 2.23. The molecule has 0 unspecified atom stereocenters. The van der Waals surface area contributed by atoms with Crippen molar-refractivity contribution in [2.45, 2.75) is 13.6 Å². The highest BCUT2D eigenvalue weighted by molar-refractivity contribution is 6.29. The van der Waals surface area contributed by atoms with Crippen molar-refractivity contribution in [2.75, 3.05) is 36.4 Å². The monoisotopic (exact) mass is 364 g/mol. The maximum absolute atomic E-state index is 12.5. The number of carbonyl (C=O) groups excluding carboxylic acids is 1. The van der Waals surface area contributed by atoms with Gasteiger partial charge in [0.25, 0.3) is 0 Å². The van der Waals surface area contributed by atoms with Crippen LogP contribution in [0, 0.1) is 0 Å². The Labute approximate surface area is 151 Å². The van der Waals surface area contributed by atoms with E-state index in [1.54, 1.807) is 28.0 Å². The molecule has 9 heteroatoms. The van der Waals surface area contributed by atoms with Gasteiger partial charge >= 0.3 is 0 Å². The first-order valence-electron chi connectivity index (χ1n) is 7.57. The summed E-state index contributed by atoms with van der Waals surface area (Å²) in [5.41, 5.74) is 1.27. The Kier molecular flexibility index (Phi) is 6.35. The lowest BCUT2D eigenvalue weighted by Gasteiger charge is -2.27. The first kappa shape index (κ1) is 18.7. The lowest BCUT2D eigenvalue weighted by atomic mass is 10.3. The van der Waals surface area contributed by atoms with E-state index in [2.05, 4.69) is 21.6 Å². The van der Waals surface area contributed by atoms with Crippen LogP contribution in [-0.4, -0.2) is 52.2 Å². The van der Waals surface area contributed by atoms with E-state index in [-0.39, 0.29) is 30.9 Å². The van der Waals surface area contributed by atoms with Crippen molar-refractivity contribution >= 4 is 29.0 Å². The summed E-state index contributed by atoms with van der Waals surface area (Å²) in [5, 5.41) is 4.15. The molecule has 8 nitrogen and oxygen atoms in total. The minimum atomic E-state index is -0.310. The van der Waals surface area contributed by atoms with Crippen molar-refractivity contribution in [3.8, 4) is 5.88 Å². The Morgan fingerprint density at radius 1 is 1.40 bits per heavy atom. The number of carbonyl (C=O) groups is 1. The van der Waals surface area contributed by atoms with Gasteiger partial charge in [0.2, 0.25) is 11.8 Å². The molecule has 134 valence electrons. The molecule has 2 rings (SSSR count). The molecule has 0 aromatic carbocycles. The molecule has 0 radical (unpaired) electrons. The number of halogens is 1. The molecule has 0 aliphatic rings. The third-order valence-corrected chi connectivity index (χ3v) is 3.41. The molecule has 0 saturated heterocycles. The Balaban J connectivity index is 2.51. The SMILES string of the molecule is C=C(C)COc1ncnc(N(C)C)c1N(Cn1cccn1)C(=O)CCl. The van der Waals surface area contributed by atoms with E-state index in [9.17, 15) is 4.79 Å². The first-order valence-corrected chi connectivity index (χ1v) is 8.10. The van der Waals surface area contributed by atoms with Gasteiger partial charge in [-0.2, -0.15) is 10.1 Å². The molecule has 0 bridgehead atoms. The molecule has 25 heavy (non-hydrogen) atoms. The molecule has 1 amide bonds. The average molecular weight is 365 g/mol. The van der Waals surface area contributed by atoms with Crippen molar-refractivity contribution in [1.82, 2.24) is 19.7 Å². The van der Waals surface area contributed by atoms with Gasteiger partial charge in [0, 0.05) is 26.5 Å². The average Bonchev–Trinajstić information content (AvgIpc) is 3.10. The summed E-state index contributed by atoms with van der Waals surface area (Å²) in [6, 6.07) is 1.77. The van der Waals surface area contributed by atoms with Crippen molar-refractivity contribution in [2.24, 2.45) is 0 Å². The van der Waals surface area contributed by atoms with Crippen molar-refractivity contribution in [1.29, 1.82) is 0 Å². The predicted molar refractivity (Wildman–Crippen MR) is 97.1 cm³/mol. The van der Waals surface area contributed by atoms with E-state index in [1.807, 2.05) is 21.0 Å². The van der Waals surface area contributed by atoms with Crippen LogP contribution in [0.15, 0.2) is 36.9 Å². The molecule has 0 aliphatic carbocycles. The van der Waals surface area contributed by atoms with E-state index in [1.165, 1.54) is 11.2 Å². The third-order valence-electron chi connectivity index (χ3n) is 3.18. The van der Waals surface area contributed by atoms with Crippen LogP contribution < -0.4 is 14.5 Å². The van der Waals surface area contributed by atoms with Crippen molar-refractivity contribution < 1.29 is 9.53 Å². The Morgan fingerprint density at radius 3 is 2.72 bits per heavy atom. The van der Waals surface area contributed by atoms with Gasteiger partial charge in [-0.25, -0.2) is 4.98 Å². The summed E-state index contributed by atoms with van der Waals surface area (Å²) in [6.45, 7) is 6.11. The van der Waals surface area contributed by atoms with Crippen molar-refractivity contribution in [3.05, 3.63) is 36.9 Å². The summed E-state index contributed by atoms with van der Waals surface area (Å²) < 4.78 is 7.35. The van der Waals surface area contributed by atoms with E-state index < -0.39 is 0 Å². The van der Waals surface area contributed by atoms with E-state index >= 15 is 0 Å². The molecule has 0 saturated carbocycles. The molecular formula is C16H21ClN6O2. The van der Waals surface area contributed by atoms with Gasteiger partial charge in [0.05, 0.1) is 0 Å². The molecule has 2 aromatic rings. The lowest BCUT2D eigenvalue weighted by Crippen LogP contribution is -2.36. The fraction of sp³-hybridized carbons (Fsp3) is 0.375. The van der Waals surface area contributed by atoms with Gasteiger partial charge in [-0.3, -0.25) is 14.4 Å². The number of amides is 1. The number of ether oxygens (including phenoxy) is 1. The summed E-state index contributed by atoms with van der Waals surface area (Å²) in [5.74, 6) is 0.322. The molecule has 0 aliphatic heterocycles. The number of hydrogen-bond donors (Lipinski definition) is 0. The van der Waals surface area contributed by atoms with Crippen LogP contribution >= 0.6 is 11.6 Å². The quantitative estimate of drug-likeness (QED) is 0.526. The predicted octanol–water partition coefficient (Wildman–Crippen LogP) is 1.92. The molecule has 2 heterocycles. The van der Waals surface area contributed by atoms with Crippen molar-refractivity contribution in [3.63, 3.8) is 0 Å². The smallest absolute Gasteiger partial charge is 0.243 e. The van der Waals surface area contributed by atoms with Crippen LogP contribution in [0.1, 0.15) is 6.92 Å². The molecule has 0 spiro atoms. The van der Waals surface area contributed by atoms with Crippen LogP contribution in [-0.2, 0) is 11.5 Å². The zero-order valence-electron chi connectivity index (χ0n) is 14.5. The van der Waals surface area contributed by atoms with E-state index in [0.29, 0.717) is 11.5 Å². The molecule has 2 aromatic heterocycles. The Hall–Kier alpha value is -2.61. The number of nitrogens with zero attached hydrogens (tertiary/aromatic N) is 6. The van der Waals surface area contributed by atoms with Gasteiger partial charge < -0.3 is 9.64 Å². The van der Waals surface area contributed by atoms with Gasteiger partial charge in [-0.05, 0) is 18.6 Å². The minimum absolute atomic E-state index is 0.163. The number of anilines is 2. The molecule has 0 atom stereocenters. The molecule has 0 N–H and O–H groups in total. The van der Waals surface area contributed by atoms with E-state index in [0.717, 1.165) is 5.57 Å². The summed E-state index contributed by atoms with van der Waals surface area (Å²) >= 11 is 5.82. The zero-order valence-corrected chi connectivity index (χ0v) is 15.3. The fourth-order valence-electron chi connectivity index (χ4n) is 2.09. The van der Waals surface area contributed by atoms with Crippen LogP contribution in [0.5, 0.6) is 5.88 Å². The number of hydrogen-bond acceptors (Lipinski definition) is 6. The number of rotatable bonds is 8. The van der Waals surface area contributed by atoms with Gasteiger partial charge in [-0.1, -0.05) is 6.58 Å². The van der Waals surface area contributed by atoms with E-state index in [4.69, 9.17) is 16.3 Å². The van der Waals surface area contributed by atoms with Gasteiger partial charge in [0.15, 0.2) is 11.5 Å². The second-order valence-electron chi connectivity index (χ2n) is 5.63.